The molecule has 1 heterocycles. The summed E-state index contributed by atoms with van der Waals surface area (Å²) in [4.78, 5) is 3.10. The standard InChI is InChI=1S/C6HBrF5NO/c7-5-4(14-6(10,11)12)3(9)2(8)1-13-5/h1H. The van der Waals surface area contributed by atoms with Gasteiger partial charge in [-0.3, -0.25) is 0 Å². The van der Waals surface area contributed by atoms with Crippen LogP contribution in [0.3, 0.4) is 0 Å². The summed E-state index contributed by atoms with van der Waals surface area (Å²) in [5, 5.41) is 0. The van der Waals surface area contributed by atoms with Crippen LogP contribution in [0.15, 0.2) is 10.8 Å². The van der Waals surface area contributed by atoms with Gasteiger partial charge in [0.15, 0.2) is 10.4 Å². The molecule has 1 aromatic heterocycles. The molecule has 0 aliphatic rings. The number of alkyl halides is 3. The minimum Gasteiger partial charge on any atom is -0.400 e. The molecule has 0 atom stereocenters. The Balaban J connectivity index is 3.13. The minimum atomic E-state index is -5.10. The monoisotopic (exact) mass is 277 g/mol. The Morgan fingerprint density at radius 3 is 2.36 bits per heavy atom. The molecule has 1 aromatic rings. The maximum Gasteiger partial charge on any atom is 0.573 e. The van der Waals surface area contributed by atoms with E-state index in [2.05, 4.69) is 25.7 Å². The summed E-state index contributed by atoms with van der Waals surface area (Å²) in [6.45, 7) is 0. The number of pyridine rings is 1. The molecule has 0 bridgehead atoms. The molecule has 0 radical (unpaired) electrons. The largest absolute Gasteiger partial charge is 0.573 e. The van der Waals surface area contributed by atoms with Gasteiger partial charge < -0.3 is 4.74 Å². The lowest BCUT2D eigenvalue weighted by atomic mass is 10.4. The van der Waals surface area contributed by atoms with Gasteiger partial charge in [0.25, 0.3) is 0 Å². The quantitative estimate of drug-likeness (QED) is 0.582. The van der Waals surface area contributed by atoms with Gasteiger partial charge in [0.1, 0.15) is 0 Å². The fourth-order valence-electron chi connectivity index (χ4n) is 0.630. The third kappa shape index (κ3) is 2.53. The van der Waals surface area contributed by atoms with Crippen LogP contribution in [0, 0.1) is 11.6 Å². The van der Waals surface area contributed by atoms with Crippen LogP contribution in [-0.4, -0.2) is 11.3 Å². The normalized spacial score (nSPS) is 11.6. The van der Waals surface area contributed by atoms with E-state index in [4.69, 9.17) is 0 Å². The predicted molar refractivity (Wildman–Crippen MR) is 38.5 cm³/mol. The molecule has 2 nitrogen and oxygen atoms in total. The van der Waals surface area contributed by atoms with Crippen molar-refractivity contribution in [2.24, 2.45) is 0 Å². The number of halogens is 6. The van der Waals surface area contributed by atoms with Crippen LogP contribution in [-0.2, 0) is 0 Å². The van der Waals surface area contributed by atoms with Gasteiger partial charge in [0, 0.05) is 0 Å². The molecular weight excluding hydrogens is 277 g/mol. The van der Waals surface area contributed by atoms with Crippen LogP contribution in [0.5, 0.6) is 5.75 Å². The van der Waals surface area contributed by atoms with Crippen molar-refractivity contribution in [2.75, 3.05) is 0 Å². The molecule has 0 N–H and O–H groups in total. The lowest BCUT2D eigenvalue weighted by Gasteiger charge is -2.10. The van der Waals surface area contributed by atoms with Gasteiger partial charge in [-0.25, -0.2) is 9.37 Å². The number of ether oxygens (including phenoxy) is 1. The molecule has 0 unspecified atom stereocenters. The lowest BCUT2D eigenvalue weighted by Crippen LogP contribution is -2.19. The van der Waals surface area contributed by atoms with Gasteiger partial charge in [-0.15, -0.1) is 13.2 Å². The molecule has 1 rings (SSSR count). The second-order valence-electron chi connectivity index (χ2n) is 2.09. The first kappa shape index (κ1) is 11.2. The second-order valence-corrected chi connectivity index (χ2v) is 2.84. The van der Waals surface area contributed by atoms with E-state index in [0.29, 0.717) is 6.20 Å². The van der Waals surface area contributed by atoms with Crippen molar-refractivity contribution in [3.8, 4) is 5.75 Å². The molecular formula is C6HBrF5NO. The van der Waals surface area contributed by atoms with Gasteiger partial charge >= 0.3 is 6.36 Å². The maximum absolute atomic E-state index is 12.7. The summed E-state index contributed by atoms with van der Waals surface area (Å²) >= 11 is 2.49. The molecule has 0 fully saturated rings. The average molecular weight is 278 g/mol. The highest BCUT2D eigenvalue weighted by atomic mass is 79.9. The number of hydrogen-bond acceptors (Lipinski definition) is 2. The Hall–Kier alpha value is -0.920. The maximum atomic E-state index is 12.7. The van der Waals surface area contributed by atoms with Crippen LogP contribution in [0.25, 0.3) is 0 Å². The Morgan fingerprint density at radius 2 is 1.86 bits per heavy atom. The Kier molecular flexibility index (Phi) is 2.93. The summed E-state index contributed by atoms with van der Waals surface area (Å²) in [7, 11) is 0. The van der Waals surface area contributed by atoms with E-state index < -0.39 is 28.3 Å². The zero-order chi connectivity index (χ0) is 10.9. The summed E-state index contributed by atoms with van der Waals surface area (Å²) in [5.74, 6) is -4.59. The molecule has 0 saturated heterocycles. The SMILES string of the molecule is Fc1cnc(Br)c(OC(F)(F)F)c1F. The zero-order valence-corrected chi connectivity index (χ0v) is 7.79. The number of nitrogens with zero attached hydrogens (tertiary/aromatic N) is 1. The van der Waals surface area contributed by atoms with Crippen molar-refractivity contribution < 1.29 is 26.7 Å². The van der Waals surface area contributed by atoms with Crippen LogP contribution in [0.4, 0.5) is 22.0 Å². The first-order chi connectivity index (χ1) is 6.31. The zero-order valence-electron chi connectivity index (χ0n) is 6.20. The van der Waals surface area contributed by atoms with E-state index in [-0.39, 0.29) is 0 Å². The van der Waals surface area contributed by atoms with Gasteiger partial charge in [-0.05, 0) is 15.9 Å². The van der Waals surface area contributed by atoms with Crippen LogP contribution in [0.1, 0.15) is 0 Å². The Bertz CT molecular complexity index is 353. The summed E-state index contributed by atoms with van der Waals surface area (Å²) in [6.07, 6.45) is -4.67. The van der Waals surface area contributed by atoms with Crippen LogP contribution >= 0.6 is 15.9 Å². The van der Waals surface area contributed by atoms with Crippen molar-refractivity contribution in [3.63, 3.8) is 0 Å². The van der Waals surface area contributed by atoms with E-state index in [9.17, 15) is 22.0 Å². The summed E-state index contributed by atoms with van der Waals surface area (Å²) in [6, 6.07) is 0. The summed E-state index contributed by atoms with van der Waals surface area (Å²) in [5.41, 5.74) is 0. The highest BCUT2D eigenvalue weighted by Crippen LogP contribution is 2.32. The third-order valence-electron chi connectivity index (χ3n) is 1.11. The molecule has 0 aromatic carbocycles. The lowest BCUT2D eigenvalue weighted by molar-refractivity contribution is -0.276. The Labute approximate surface area is 82.8 Å². The third-order valence-corrected chi connectivity index (χ3v) is 1.67. The second kappa shape index (κ2) is 3.68. The van der Waals surface area contributed by atoms with E-state index in [1.165, 1.54) is 0 Å². The Morgan fingerprint density at radius 1 is 1.29 bits per heavy atom. The van der Waals surface area contributed by atoms with E-state index in [1.54, 1.807) is 0 Å². The molecule has 0 saturated carbocycles. The van der Waals surface area contributed by atoms with Crippen molar-refractivity contribution in [3.05, 3.63) is 22.4 Å². The molecule has 0 spiro atoms. The molecule has 0 aliphatic heterocycles. The molecule has 14 heavy (non-hydrogen) atoms. The van der Waals surface area contributed by atoms with Gasteiger partial charge in [0.2, 0.25) is 11.6 Å². The smallest absolute Gasteiger partial charge is 0.400 e. The predicted octanol–water partition coefficient (Wildman–Crippen LogP) is 3.02. The number of rotatable bonds is 1. The number of aromatic nitrogens is 1. The van der Waals surface area contributed by atoms with Crippen LogP contribution < -0.4 is 4.74 Å². The van der Waals surface area contributed by atoms with E-state index >= 15 is 0 Å². The highest BCUT2D eigenvalue weighted by molar-refractivity contribution is 9.10. The number of hydrogen-bond donors (Lipinski definition) is 0. The molecule has 0 amide bonds. The van der Waals surface area contributed by atoms with Crippen molar-refractivity contribution in [1.29, 1.82) is 0 Å². The molecule has 0 aliphatic carbocycles. The fourth-order valence-corrected chi connectivity index (χ4v) is 0.988. The first-order valence-corrected chi connectivity index (χ1v) is 3.86. The fraction of sp³-hybridized carbons (Fsp3) is 0.167. The van der Waals surface area contributed by atoms with Gasteiger partial charge in [-0.1, -0.05) is 0 Å². The summed E-state index contributed by atoms with van der Waals surface area (Å²) < 4.78 is 62.8. The van der Waals surface area contributed by atoms with Crippen molar-refractivity contribution in [1.82, 2.24) is 4.98 Å². The van der Waals surface area contributed by atoms with Gasteiger partial charge in [-0.2, -0.15) is 4.39 Å². The van der Waals surface area contributed by atoms with Crippen molar-refractivity contribution >= 4 is 15.9 Å². The van der Waals surface area contributed by atoms with E-state index in [1.807, 2.05) is 0 Å². The molecule has 78 valence electrons. The first-order valence-electron chi connectivity index (χ1n) is 3.06. The molecule has 8 heteroatoms. The topological polar surface area (TPSA) is 22.1 Å². The highest BCUT2D eigenvalue weighted by Gasteiger charge is 2.34. The minimum absolute atomic E-state index is 0.433. The van der Waals surface area contributed by atoms with Crippen LogP contribution in [0.2, 0.25) is 0 Å². The van der Waals surface area contributed by atoms with Gasteiger partial charge in [0.05, 0.1) is 6.20 Å². The van der Waals surface area contributed by atoms with E-state index in [0.717, 1.165) is 0 Å². The van der Waals surface area contributed by atoms with Crippen molar-refractivity contribution in [2.45, 2.75) is 6.36 Å². The average Bonchev–Trinajstić information content (AvgIpc) is 2.04.